The molecule has 24 heavy (non-hydrogen) atoms. The molecular weight excluding hydrogens is 300 g/mol. The number of β-amino-alcohol motifs (C(OH)–C–C–N with tert-alkyl or cyclic N) is 1. The van der Waals surface area contributed by atoms with Gasteiger partial charge in [-0.05, 0) is 45.4 Å². The average molecular weight is 328 g/mol. The van der Waals surface area contributed by atoms with E-state index in [0.717, 1.165) is 42.1 Å². The van der Waals surface area contributed by atoms with Gasteiger partial charge in [0.25, 0.3) is 0 Å². The lowest BCUT2D eigenvalue weighted by Crippen LogP contribution is -2.28. The molecule has 130 valence electrons. The number of hydrogen-bond acceptors (Lipinski definition) is 3. The molecule has 0 saturated carbocycles. The molecule has 0 radical (unpaired) electrons. The minimum absolute atomic E-state index is 0.303. The molecule has 1 aliphatic rings. The van der Waals surface area contributed by atoms with Crippen LogP contribution in [0.25, 0.3) is 5.69 Å². The Hall–Kier alpha value is -1.62. The highest BCUT2D eigenvalue weighted by Crippen LogP contribution is 2.27. The van der Waals surface area contributed by atoms with Crippen molar-refractivity contribution in [3.8, 4) is 5.69 Å². The van der Waals surface area contributed by atoms with Gasteiger partial charge < -0.3 is 14.4 Å². The summed E-state index contributed by atoms with van der Waals surface area (Å²) in [5, 5.41) is 10.8. The van der Waals surface area contributed by atoms with E-state index in [1.54, 1.807) is 7.11 Å². The van der Waals surface area contributed by atoms with Crippen LogP contribution in [0.1, 0.15) is 35.0 Å². The van der Waals surface area contributed by atoms with Crippen LogP contribution in [0.15, 0.2) is 30.3 Å². The molecule has 4 nitrogen and oxygen atoms in total. The predicted molar refractivity (Wildman–Crippen MR) is 96.8 cm³/mol. The summed E-state index contributed by atoms with van der Waals surface area (Å²) in [7, 11) is 1.76. The minimum Gasteiger partial charge on any atom is -0.387 e. The molecule has 1 aliphatic heterocycles. The van der Waals surface area contributed by atoms with Gasteiger partial charge in [-0.1, -0.05) is 17.7 Å². The van der Waals surface area contributed by atoms with E-state index in [-0.39, 0.29) is 0 Å². The second-order valence-corrected chi connectivity index (χ2v) is 6.92. The first-order chi connectivity index (χ1) is 11.5. The topological polar surface area (TPSA) is 37.6 Å². The van der Waals surface area contributed by atoms with Gasteiger partial charge in [0.1, 0.15) is 0 Å². The first-order valence-electron chi connectivity index (χ1n) is 8.68. The SMILES string of the molecule is COC1CCN(CC(O)c2cc(C)n(-c3ccc(C)cc3)c2C)C1. The Balaban J connectivity index is 1.79. The van der Waals surface area contributed by atoms with E-state index in [2.05, 4.69) is 60.6 Å². The third kappa shape index (κ3) is 3.41. The van der Waals surface area contributed by atoms with Crippen molar-refractivity contribution < 1.29 is 9.84 Å². The maximum atomic E-state index is 10.8. The molecule has 1 aromatic heterocycles. The van der Waals surface area contributed by atoms with Crippen LogP contribution >= 0.6 is 0 Å². The van der Waals surface area contributed by atoms with Crippen LogP contribution in [0.3, 0.4) is 0 Å². The minimum atomic E-state index is -0.467. The Kier molecular flexibility index (Phi) is 5.09. The molecule has 0 amide bonds. The Bertz CT molecular complexity index is 690. The zero-order chi connectivity index (χ0) is 17.3. The molecule has 1 aromatic carbocycles. The van der Waals surface area contributed by atoms with Crippen LogP contribution in [0.4, 0.5) is 0 Å². The quantitative estimate of drug-likeness (QED) is 0.916. The van der Waals surface area contributed by atoms with E-state index in [0.29, 0.717) is 12.6 Å². The molecule has 1 N–H and O–H groups in total. The summed E-state index contributed by atoms with van der Waals surface area (Å²) >= 11 is 0. The van der Waals surface area contributed by atoms with Crippen LogP contribution < -0.4 is 0 Å². The zero-order valence-corrected chi connectivity index (χ0v) is 15.1. The molecule has 2 aromatic rings. The highest BCUT2D eigenvalue weighted by molar-refractivity contribution is 5.42. The number of aliphatic hydroxyl groups is 1. The summed E-state index contributed by atoms with van der Waals surface area (Å²) in [6.45, 7) is 8.85. The predicted octanol–water partition coefficient (Wildman–Crippen LogP) is 3.16. The van der Waals surface area contributed by atoms with Crippen molar-refractivity contribution in [1.82, 2.24) is 9.47 Å². The largest absolute Gasteiger partial charge is 0.387 e. The fourth-order valence-electron chi connectivity index (χ4n) is 3.71. The number of likely N-dealkylation sites (tertiary alicyclic amines) is 1. The van der Waals surface area contributed by atoms with Crippen molar-refractivity contribution in [2.45, 2.75) is 39.4 Å². The van der Waals surface area contributed by atoms with Gasteiger partial charge >= 0.3 is 0 Å². The summed E-state index contributed by atoms with van der Waals surface area (Å²) in [6, 6.07) is 10.6. The van der Waals surface area contributed by atoms with Crippen LogP contribution in [0.2, 0.25) is 0 Å². The molecule has 0 aliphatic carbocycles. The van der Waals surface area contributed by atoms with Crippen molar-refractivity contribution in [1.29, 1.82) is 0 Å². The van der Waals surface area contributed by atoms with Crippen molar-refractivity contribution in [3.05, 3.63) is 52.8 Å². The van der Waals surface area contributed by atoms with Crippen molar-refractivity contribution in [2.75, 3.05) is 26.7 Å². The van der Waals surface area contributed by atoms with E-state index >= 15 is 0 Å². The van der Waals surface area contributed by atoms with Crippen molar-refractivity contribution >= 4 is 0 Å². The third-order valence-electron chi connectivity index (χ3n) is 5.12. The number of aliphatic hydroxyl groups excluding tert-OH is 1. The molecule has 2 heterocycles. The van der Waals surface area contributed by atoms with Crippen LogP contribution in [-0.4, -0.2) is 47.4 Å². The second-order valence-electron chi connectivity index (χ2n) is 6.92. The van der Waals surface area contributed by atoms with Gasteiger partial charge in [0, 0.05) is 49.4 Å². The fraction of sp³-hybridized carbons (Fsp3) is 0.500. The van der Waals surface area contributed by atoms with E-state index in [9.17, 15) is 5.11 Å². The molecular formula is C20H28N2O2. The second kappa shape index (κ2) is 7.09. The lowest BCUT2D eigenvalue weighted by molar-refractivity contribution is 0.0896. The van der Waals surface area contributed by atoms with Crippen LogP contribution in [0.5, 0.6) is 0 Å². The van der Waals surface area contributed by atoms with E-state index in [1.165, 1.54) is 5.56 Å². The number of rotatable bonds is 5. The maximum absolute atomic E-state index is 10.8. The summed E-state index contributed by atoms with van der Waals surface area (Å²) in [6.07, 6.45) is 0.884. The number of aryl methyl sites for hydroxylation is 2. The highest BCUT2D eigenvalue weighted by atomic mass is 16.5. The fourth-order valence-corrected chi connectivity index (χ4v) is 3.71. The van der Waals surface area contributed by atoms with Crippen molar-refractivity contribution in [2.24, 2.45) is 0 Å². The number of nitrogens with zero attached hydrogens (tertiary/aromatic N) is 2. The van der Waals surface area contributed by atoms with Gasteiger partial charge in [0.15, 0.2) is 0 Å². The zero-order valence-electron chi connectivity index (χ0n) is 15.1. The number of ether oxygens (including phenoxy) is 1. The number of benzene rings is 1. The maximum Gasteiger partial charge on any atom is 0.0934 e. The van der Waals surface area contributed by atoms with Crippen LogP contribution in [0, 0.1) is 20.8 Å². The molecule has 1 saturated heterocycles. The van der Waals surface area contributed by atoms with Gasteiger partial charge in [0.05, 0.1) is 12.2 Å². The lowest BCUT2D eigenvalue weighted by Gasteiger charge is -2.20. The monoisotopic (exact) mass is 328 g/mol. The summed E-state index contributed by atoms with van der Waals surface area (Å²) in [5.41, 5.74) is 5.69. The normalized spacial score (nSPS) is 19.8. The van der Waals surface area contributed by atoms with E-state index < -0.39 is 6.10 Å². The molecule has 0 spiro atoms. The smallest absolute Gasteiger partial charge is 0.0934 e. The summed E-state index contributed by atoms with van der Waals surface area (Å²) in [4.78, 5) is 2.29. The molecule has 2 atom stereocenters. The van der Waals surface area contributed by atoms with Crippen LogP contribution in [-0.2, 0) is 4.74 Å². The van der Waals surface area contributed by atoms with Gasteiger partial charge in [0.2, 0.25) is 0 Å². The Morgan fingerprint density at radius 2 is 1.92 bits per heavy atom. The Morgan fingerprint density at radius 3 is 2.54 bits per heavy atom. The Labute approximate surface area is 144 Å². The summed E-state index contributed by atoms with van der Waals surface area (Å²) in [5.74, 6) is 0. The molecule has 4 heteroatoms. The van der Waals surface area contributed by atoms with E-state index in [4.69, 9.17) is 4.74 Å². The summed E-state index contributed by atoms with van der Waals surface area (Å²) < 4.78 is 7.64. The average Bonchev–Trinajstić information content (AvgIpc) is 3.13. The molecule has 1 fully saturated rings. The van der Waals surface area contributed by atoms with E-state index in [1.807, 2.05) is 0 Å². The highest BCUT2D eigenvalue weighted by Gasteiger charge is 2.26. The molecule has 3 rings (SSSR count). The lowest BCUT2D eigenvalue weighted by atomic mass is 10.1. The first-order valence-corrected chi connectivity index (χ1v) is 8.68. The van der Waals surface area contributed by atoms with Gasteiger partial charge in [-0.3, -0.25) is 4.90 Å². The number of methoxy groups -OCH3 is 1. The third-order valence-corrected chi connectivity index (χ3v) is 5.12. The first kappa shape index (κ1) is 17.2. The van der Waals surface area contributed by atoms with Gasteiger partial charge in [-0.2, -0.15) is 0 Å². The number of hydrogen-bond donors (Lipinski definition) is 1. The van der Waals surface area contributed by atoms with Gasteiger partial charge in [-0.15, -0.1) is 0 Å². The molecule has 0 bridgehead atoms. The van der Waals surface area contributed by atoms with Gasteiger partial charge in [-0.25, -0.2) is 0 Å². The standard InChI is InChI=1S/C20H28N2O2/c1-14-5-7-17(8-6-14)22-15(2)11-19(16(22)3)20(23)13-21-10-9-18(12-21)24-4/h5-8,11,18,20,23H,9-10,12-13H2,1-4H3. The molecule has 2 unspecified atom stereocenters. The Morgan fingerprint density at radius 1 is 1.21 bits per heavy atom. The number of aromatic nitrogens is 1. The van der Waals surface area contributed by atoms with Crippen molar-refractivity contribution in [3.63, 3.8) is 0 Å².